The van der Waals surface area contributed by atoms with Crippen molar-refractivity contribution >= 4 is 5.91 Å². The lowest BCUT2D eigenvalue weighted by atomic mass is 9.95. The summed E-state index contributed by atoms with van der Waals surface area (Å²) in [6, 6.07) is 8.70. The summed E-state index contributed by atoms with van der Waals surface area (Å²) in [6.07, 6.45) is 3.94. The van der Waals surface area contributed by atoms with Crippen LogP contribution >= 0.6 is 0 Å². The van der Waals surface area contributed by atoms with E-state index in [9.17, 15) is 4.79 Å². The minimum atomic E-state index is 0.237. The zero-order chi connectivity index (χ0) is 13.8. The molecule has 1 aromatic carbocycles. The molecule has 104 valence electrons. The molecule has 1 fully saturated rings. The normalized spacial score (nSPS) is 23.4. The molecule has 1 aliphatic rings. The molecule has 0 aliphatic carbocycles. The van der Waals surface area contributed by atoms with Gasteiger partial charge in [-0.2, -0.15) is 0 Å². The van der Waals surface area contributed by atoms with Crippen molar-refractivity contribution in [3.8, 4) is 0 Å². The monoisotopic (exact) mass is 260 g/mol. The molecular weight excluding hydrogens is 236 g/mol. The highest BCUT2D eigenvalue weighted by Crippen LogP contribution is 2.23. The summed E-state index contributed by atoms with van der Waals surface area (Å²) in [6.45, 7) is 4.80. The van der Waals surface area contributed by atoms with Crippen molar-refractivity contribution in [1.82, 2.24) is 4.90 Å². The lowest BCUT2D eigenvalue weighted by Crippen LogP contribution is -2.48. The van der Waals surface area contributed by atoms with Crippen molar-refractivity contribution in [1.29, 1.82) is 0 Å². The van der Waals surface area contributed by atoms with Gasteiger partial charge in [-0.15, -0.1) is 0 Å². The Labute approximate surface area is 115 Å². The molecular formula is C16H24N2O. The van der Waals surface area contributed by atoms with Crippen LogP contribution in [0.1, 0.15) is 44.2 Å². The topological polar surface area (TPSA) is 46.3 Å². The van der Waals surface area contributed by atoms with Gasteiger partial charge in [0.1, 0.15) is 0 Å². The number of nitrogens with two attached hydrogens (primary N) is 1. The fraction of sp³-hybridized carbons (Fsp3) is 0.562. The van der Waals surface area contributed by atoms with Crippen LogP contribution in [0.5, 0.6) is 0 Å². The molecule has 3 nitrogen and oxygen atoms in total. The number of carbonyl (C=O) groups is 1. The van der Waals surface area contributed by atoms with Crippen molar-refractivity contribution in [2.24, 2.45) is 5.73 Å². The number of rotatable bonds is 3. The summed E-state index contributed by atoms with van der Waals surface area (Å²) < 4.78 is 0. The van der Waals surface area contributed by atoms with Crippen LogP contribution in [0.25, 0.3) is 0 Å². The minimum Gasteiger partial charge on any atom is -0.337 e. The van der Waals surface area contributed by atoms with Gasteiger partial charge in [0, 0.05) is 18.6 Å². The predicted octanol–water partition coefficient (Wildman–Crippen LogP) is 2.48. The molecule has 1 amide bonds. The molecule has 0 saturated carbocycles. The number of carbonyl (C=O) groups excluding carboxylic acids is 1. The number of nitrogens with zero attached hydrogens (tertiary/aromatic N) is 1. The Kier molecular flexibility index (Phi) is 4.59. The molecule has 0 spiro atoms. The van der Waals surface area contributed by atoms with Crippen LogP contribution in [0.15, 0.2) is 24.3 Å². The summed E-state index contributed by atoms with van der Waals surface area (Å²) in [7, 11) is 0. The summed E-state index contributed by atoms with van der Waals surface area (Å²) in [5, 5.41) is 0. The van der Waals surface area contributed by atoms with E-state index in [2.05, 4.69) is 18.7 Å². The van der Waals surface area contributed by atoms with E-state index in [0.717, 1.165) is 24.0 Å². The van der Waals surface area contributed by atoms with E-state index >= 15 is 0 Å². The Morgan fingerprint density at radius 3 is 2.37 bits per heavy atom. The molecule has 3 heteroatoms. The van der Waals surface area contributed by atoms with Crippen LogP contribution in [-0.4, -0.2) is 22.9 Å². The number of hydrogen-bond acceptors (Lipinski definition) is 2. The van der Waals surface area contributed by atoms with E-state index in [1.807, 2.05) is 24.3 Å². The molecule has 2 atom stereocenters. The average molecular weight is 260 g/mol. The number of hydrogen-bond donors (Lipinski definition) is 1. The van der Waals surface area contributed by atoms with Crippen molar-refractivity contribution in [3.63, 3.8) is 0 Å². The molecule has 0 radical (unpaired) electrons. The lowest BCUT2D eigenvalue weighted by molar-refractivity contribution is -0.136. The third-order valence-electron chi connectivity index (χ3n) is 4.16. The van der Waals surface area contributed by atoms with Crippen molar-refractivity contribution in [3.05, 3.63) is 35.4 Å². The average Bonchev–Trinajstić information content (AvgIpc) is 2.39. The predicted molar refractivity (Wildman–Crippen MR) is 77.7 cm³/mol. The second-order valence-electron chi connectivity index (χ2n) is 5.58. The maximum Gasteiger partial charge on any atom is 0.227 e. The first-order chi connectivity index (χ1) is 9.13. The van der Waals surface area contributed by atoms with Crippen LogP contribution in [-0.2, 0) is 17.8 Å². The number of amides is 1. The van der Waals surface area contributed by atoms with Gasteiger partial charge >= 0.3 is 0 Å². The summed E-state index contributed by atoms with van der Waals surface area (Å²) >= 11 is 0. The Morgan fingerprint density at radius 2 is 1.79 bits per heavy atom. The molecule has 1 aliphatic heterocycles. The molecule has 0 unspecified atom stereocenters. The lowest BCUT2D eigenvalue weighted by Gasteiger charge is -2.39. The summed E-state index contributed by atoms with van der Waals surface area (Å²) in [5.41, 5.74) is 7.88. The van der Waals surface area contributed by atoms with Gasteiger partial charge in [-0.05, 0) is 44.2 Å². The van der Waals surface area contributed by atoms with Gasteiger partial charge in [0.25, 0.3) is 0 Å². The molecule has 0 aromatic heterocycles. The van der Waals surface area contributed by atoms with Gasteiger partial charge in [0.05, 0.1) is 6.42 Å². The first kappa shape index (κ1) is 14.1. The summed E-state index contributed by atoms with van der Waals surface area (Å²) in [5.74, 6) is 0.237. The molecule has 1 aromatic rings. The minimum absolute atomic E-state index is 0.237. The maximum absolute atomic E-state index is 12.5. The SMILES string of the molecule is C[C@@H]1CCC[C@H](C)N1C(=O)Cc1ccccc1CN. The number of likely N-dealkylation sites (tertiary alicyclic amines) is 1. The molecule has 1 saturated heterocycles. The van der Waals surface area contributed by atoms with Gasteiger partial charge in [0.15, 0.2) is 0 Å². The van der Waals surface area contributed by atoms with Gasteiger partial charge < -0.3 is 10.6 Å². The van der Waals surface area contributed by atoms with E-state index in [1.54, 1.807) is 0 Å². The smallest absolute Gasteiger partial charge is 0.227 e. The second-order valence-corrected chi connectivity index (χ2v) is 5.58. The van der Waals surface area contributed by atoms with Crippen molar-refractivity contribution in [2.75, 3.05) is 0 Å². The van der Waals surface area contributed by atoms with Crippen LogP contribution in [0.2, 0.25) is 0 Å². The third-order valence-corrected chi connectivity index (χ3v) is 4.16. The fourth-order valence-corrected chi connectivity index (χ4v) is 3.10. The van der Waals surface area contributed by atoms with Gasteiger partial charge in [0.2, 0.25) is 5.91 Å². The molecule has 0 bridgehead atoms. The highest BCUT2D eigenvalue weighted by Gasteiger charge is 2.28. The second kappa shape index (κ2) is 6.20. The standard InChI is InChI=1S/C16H24N2O/c1-12-6-5-7-13(2)18(12)16(19)10-14-8-3-4-9-15(14)11-17/h3-4,8-9,12-13H,5-7,10-11,17H2,1-2H3/t12-,13+. The molecule has 2 N–H and O–H groups in total. The Hall–Kier alpha value is -1.35. The van der Waals surface area contributed by atoms with Gasteiger partial charge in [-0.3, -0.25) is 4.79 Å². The molecule has 2 rings (SSSR count). The molecule has 1 heterocycles. The first-order valence-electron chi connectivity index (χ1n) is 7.21. The largest absolute Gasteiger partial charge is 0.337 e. The highest BCUT2D eigenvalue weighted by atomic mass is 16.2. The van der Waals surface area contributed by atoms with E-state index in [1.165, 1.54) is 6.42 Å². The van der Waals surface area contributed by atoms with E-state index in [-0.39, 0.29) is 5.91 Å². The number of piperidine rings is 1. The Morgan fingerprint density at radius 1 is 1.21 bits per heavy atom. The zero-order valence-corrected chi connectivity index (χ0v) is 11.9. The summed E-state index contributed by atoms with van der Waals surface area (Å²) in [4.78, 5) is 14.6. The van der Waals surface area contributed by atoms with Crippen LogP contribution in [0.4, 0.5) is 0 Å². The van der Waals surface area contributed by atoms with Crippen molar-refractivity contribution < 1.29 is 4.79 Å². The van der Waals surface area contributed by atoms with Crippen LogP contribution in [0.3, 0.4) is 0 Å². The zero-order valence-electron chi connectivity index (χ0n) is 11.9. The van der Waals surface area contributed by atoms with Crippen LogP contribution in [0, 0.1) is 0 Å². The van der Waals surface area contributed by atoms with Crippen molar-refractivity contribution in [2.45, 2.75) is 58.2 Å². The van der Waals surface area contributed by atoms with E-state index in [0.29, 0.717) is 25.0 Å². The molecule has 19 heavy (non-hydrogen) atoms. The van der Waals surface area contributed by atoms with E-state index < -0.39 is 0 Å². The van der Waals surface area contributed by atoms with E-state index in [4.69, 9.17) is 5.73 Å². The third kappa shape index (κ3) is 3.16. The highest BCUT2D eigenvalue weighted by molar-refractivity contribution is 5.79. The maximum atomic E-state index is 12.5. The quantitative estimate of drug-likeness (QED) is 0.907. The Balaban J connectivity index is 2.11. The number of benzene rings is 1. The first-order valence-corrected chi connectivity index (χ1v) is 7.21. The fourth-order valence-electron chi connectivity index (χ4n) is 3.10. The Bertz CT molecular complexity index is 434. The van der Waals surface area contributed by atoms with Gasteiger partial charge in [-0.1, -0.05) is 24.3 Å². The van der Waals surface area contributed by atoms with Gasteiger partial charge in [-0.25, -0.2) is 0 Å². The van der Waals surface area contributed by atoms with Crippen LogP contribution < -0.4 is 5.73 Å².